The van der Waals surface area contributed by atoms with Gasteiger partial charge in [-0.2, -0.15) is 0 Å². The van der Waals surface area contributed by atoms with Crippen molar-refractivity contribution in [2.45, 2.75) is 13.3 Å². The maximum Gasteiger partial charge on any atom is 0.252 e. The van der Waals surface area contributed by atoms with Crippen LogP contribution in [0.4, 0.5) is 4.39 Å². The van der Waals surface area contributed by atoms with E-state index in [0.29, 0.717) is 31.2 Å². The molecule has 0 atom stereocenters. The van der Waals surface area contributed by atoms with Gasteiger partial charge in [-0.25, -0.2) is 4.39 Å². The third-order valence-corrected chi connectivity index (χ3v) is 3.55. The SMILES string of the molecule is CCNC(=NCCc1ccc(F)cc1)NCCNC(=O)c1cccnc1.I. The van der Waals surface area contributed by atoms with Crippen LogP contribution in [0.15, 0.2) is 53.8 Å². The van der Waals surface area contributed by atoms with Crippen LogP contribution in [0.25, 0.3) is 0 Å². The van der Waals surface area contributed by atoms with Gasteiger partial charge in [-0.3, -0.25) is 14.8 Å². The van der Waals surface area contributed by atoms with E-state index in [4.69, 9.17) is 0 Å². The Balaban J connectivity index is 0.00000364. The first-order chi connectivity index (χ1) is 12.7. The first-order valence-corrected chi connectivity index (χ1v) is 8.64. The molecule has 0 fully saturated rings. The summed E-state index contributed by atoms with van der Waals surface area (Å²) in [5.41, 5.74) is 1.57. The number of nitrogens with one attached hydrogen (secondary N) is 3. The van der Waals surface area contributed by atoms with Gasteiger partial charge in [0.1, 0.15) is 5.82 Å². The summed E-state index contributed by atoms with van der Waals surface area (Å²) in [4.78, 5) is 20.3. The normalized spacial score (nSPS) is 10.7. The van der Waals surface area contributed by atoms with Gasteiger partial charge in [0.2, 0.25) is 0 Å². The molecule has 0 aliphatic rings. The Bertz CT molecular complexity index is 710. The molecule has 0 aliphatic carbocycles. The Morgan fingerprint density at radius 3 is 2.52 bits per heavy atom. The number of aliphatic imine (C=N–C) groups is 1. The van der Waals surface area contributed by atoms with E-state index in [9.17, 15) is 9.18 Å². The zero-order chi connectivity index (χ0) is 18.6. The second kappa shape index (κ2) is 13.0. The van der Waals surface area contributed by atoms with Crippen LogP contribution >= 0.6 is 24.0 Å². The standard InChI is InChI=1S/C19H24FN5O.HI/c1-2-22-19(24-11-9-15-5-7-17(20)8-6-15)25-13-12-23-18(26)16-4-3-10-21-14-16;/h3-8,10,14H,2,9,11-13H2,1H3,(H,23,26)(H2,22,24,25);1H. The van der Waals surface area contributed by atoms with Crippen LogP contribution in [0.5, 0.6) is 0 Å². The summed E-state index contributed by atoms with van der Waals surface area (Å²) in [6.07, 6.45) is 3.89. The number of rotatable bonds is 8. The molecular formula is C19H25FIN5O. The number of carbonyl (C=O) groups excluding carboxylic acids is 1. The Kier molecular flexibility index (Phi) is 11.0. The van der Waals surface area contributed by atoms with E-state index in [0.717, 1.165) is 18.5 Å². The molecular weight excluding hydrogens is 460 g/mol. The Morgan fingerprint density at radius 2 is 1.85 bits per heavy atom. The molecule has 6 nitrogen and oxygen atoms in total. The van der Waals surface area contributed by atoms with Gasteiger partial charge >= 0.3 is 0 Å². The summed E-state index contributed by atoms with van der Waals surface area (Å²) >= 11 is 0. The highest BCUT2D eigenvalue weighted by molar-refractivity contribution is 14.0. The van der Waals surface area contributed by atoms with Crippen LogP contribution in [0.1, 0.15) is 22.8 Å². The molecule has 0 unspecified atom stereocenters. The summed E-state index contributed by atoms with van der Waals surface area (Å²) in [5.74, 6) is 0.295. The predicted molar refractivity (Wildman–Crippen MR) is 116 cm³/mol. The van der Waals surface area contributed by atoms with E-state index in [1.807, 2.05) is 6.92 Å². The maximum atomic E-state index is 12.9. The fourth-order valence-corrected chi connectivity index (χ4v) is 2.25. The van der Waals surface area contributed by atoms with E-state index >= 15 is 0 Å². The minimum Gasteiger partial charge on any atom is -0.357 e. The van der Waals surface area contributed by atoms with E-state index in [-0.39, 0.29) is 35.7 Å². The van der Waals surface area contributed by atoms with Crippen molar-refractivity contribution in [3.8, 4) is 0 Å². The molecule has 0 radical (unpaired) electrons. The second-order valence-corrected chi connectivity index (χ2v) is 5.56. The number of benzene rings is 1. The summed E-state index contributed by atoms with van der Waals surface area (Å²) in [6, 6.07) is 9.88. The van der Waals surface area contributed by atoms with Crippen molar-refractivity contribution in [3.05, 3.63) is 65.7 Å². The molecule has 1 aromatic carbocycles. The number of guanidine groups is 1. The maximum absolute atomic E-state index is 12.9. The Morgan fingerprint density at radius 1 is 1.11 bits per heavy atom. The van der Waals surface area contributed by atoms with Gasteiger partial charge in [0.05, 0.1) is 5.56 Å². The average molecular weight is 485 g/mol. The van der Waals surface area contributed by atoms with Crippen LogP contribution in [0.2, 0.25) is 0 Å². The van der Waals surface area contributed by atoms with Crippen LogP contribution in [0.3, 0.4) is 0 Å². The van der Waals surface area contributed by atoms with E-state index < -0.39 is 0 Å². The molecule has 3 N–H and O–H groups in total. The molecule has 27 heavy (non-hydrogen) atoms. The van der Waals surface area contributed by atoms with Crippen molar-refractivity contribution in [2.75, 3.05) is 26.2 Å². The van der Waals surface area contributed by atoms with Crippen LogP contribution < -0.4 is 16.0 Å². The van der Waals surface area contributed by atoms with E-state index in [1.54, 1.807) is 30.5 Å². The molecule has 0 spiro atoms. The van der Waals surface area contributed by atoms with Crippen molar-refractivity contribution < 1.29 is 9.18 Å². The molecule has 0 saturated heterocycles. The smallest absolute Gasteiger partial charge is 0.252 e. The Hall–Kier alpha value is -2.23. The summed E-state index contributed by atoms with van der Waals surface area (Å²) < 4.78 is 12.9. The minimum atomic E-state index is -0.236. The number of hydrogen-bond acceptors (Lipinski definition) is 3. The number of aromatic nitrogens is 1. The van der Waals surface area contributed by atoms with Crippen molar-refractivity contribution >= 4 is 35.8 Å². The molecule has 1 amide bonds. The molecule has 0 bridgehead atoms. The number of hydrogen-bond donors (Lipinski definition) is 3. The zero-order valence-electron chi connectivity index (χ0n) is 15.2. The summed E-state index contributed by atoms with van der Waals surface area (Å²) in [7, 11) is 0. The van der Waals surface area contributed by atoms with Gasteiger partial charge in [-0.1, -0.05) is 12.1 Å². The number of amides is 1. The lowest BCUT2D eigenvalue weighted by molar-refractivity contribution is 0.0954. The average Bonchev–Trinajstić information content (AvgIpc) is 2.67. The second-order valence-electron chi connectivity index (χ2n) is 5.56. The third-order valence-electron chi connectivity index (χ3n) is 3.55. The quantitative estimate of drug-likeness (QED) is 0.232. The highest BCUT2D eigenvalue weighted by atomic mass is 127. The van der Waals surface area contributed by atoms with Gasteiger partial charge in [-0.05, 0) is 43.2 Å². The van der Waals surface area contributed by atoms with Crippen molar-refractivity contribution in [1.82, 2.24) is 20.9 Å². The topological polar surface area (TPSA) is 78.4 Å². The highest BCUT2D eigenvalue weighted by Gasteiger charge is 2.04. The zero-order valence-corrected chi connectivity index (χ0v) is 17.6. The molecule has 2 aromatic rings. The van der Waals surface area contributed by atoms with Gasteiger partial charge in [-0.15, -0.1) is 24.0 Å². The number of halogens is 2. The van der Waals surface area contributed by atoms with Gasteiger partial charge in [0.25, 0.3) is 5.91 Å². The van der Waals surface area contributed by atoms with Gasteiger partial charge in [0.15, 0.2) is 5.96 Å². The van der Waals surface area contributed by atoms with Gasteiger partial charge < -0.3 is 16.0 Å². The number of pyridine rings is 1. The van der Waals surface area contributed by atoms with Crippen LogP contribution in [-0.2, 0) is 6.42 Å². The molecule has 1 aromatic heterocycles. The molecule has 2 rings (SSSR count). The van der Waals surface area contributed by atoms with E-state index in [1.165, 1.54) is 18.3 Å². The predicted octanol–water partition coefficient (Wildman–Crippen LogP) is 2.37. The lowest BCUT2D eigenvalue weighted by Gasteiger charge is -2.12. The van der Waals surface area contributed by atoms with Crippen molar-refractivity contribution in [3.63, 3.8) is 0 Å². The van der Waals surface area contributed by atoms with Crippen LogP contribution in [-0.4, -0.2) is 43.0 Å². The monoisotopic (exact) mass is 485 g/mol. The molecule has 0 aliphatic heterocycles. The lowest BCUT2D eigenvalue weighted by Crippen LogP contribution is -2.41. The minimum absolute atomic E-state index is 0. The van der Waals surface area contributed by atoms with Crippen LogP contribution in [0, 0.1) is 5.82 Å². The lowest BCUT2D eigenvalue weighted by atomic mass is 10.1. The fourth-order valence-electron chi connectivity index (χ4n) is 2.25. The first kappa shape index (κ1) is 22.8. The number of carbonyl (C=O) groups is 1. The molecule has 8 heteroatoms. The fraction of sp³-hybridized carbons (Fsp3) is 0.316. The number of nitrogens with zero attached hydrogens (tertiary/aromatic N) is 2. The molecule has 1 heterocycles. The third kappa shape index (κ3) is 8.80. The van der Waals surface area contributed by atoms with Crippen molar-refractivity contribution in [2.24, 2.45) is 4.99 Å². The summed E-state index contributed by atoms with van der Waals surface area (Å²) in [6.45, 7) is 4.33. The molecule has 146 valence electrons. The van der Waals surface area contributed by atoms with E-state index in [2.05, 4.69) is 25.9 Å². The van der Waals surface area contributed by atoms with Gasteiger partial charge in [0, 0.05) is 38.6 Å². The largest absolute Gasteiger partial charge is 0.357 e. The highest BCUT2D eigenvalue weighted by Crippen LogP contribution is 2.03. The molecule has 0 saturated carbocycles. The first-order valence-electron chi connectivity index (χ1n) is 8.64. The Labute approximate surface area is 176 Å². The summed E-state index contributed by atoms with van der Waals surface area (Å²) in [5, 5.41) is 9.15. The van der Waals surface area contributed by atoms with Crippen molar-refractivity contribution in [1.29, 1.82) is 0 Å².